The Kier molecular flexibility index (Phi) is 6.90. The Labute approximate surface area is 138 Å². The van der Waals surface area contributed by atoms with Gasteiger partial charge >= 0.3 is 0 Å². The number of benzene rings is 1. The fraction of sp³-hybridized carbons (Fsp3) is 0.588. The number of likely N-dealkylation sites (tertiary alicyclic amines) is 1. The van der Waals surface area contributed by atoms with Crippen molar-refractivity contribution in [2.45, 2.75) is 18.8 Å². The van der Waals surface area contributed by atoms with Gasteiger partial charge in [-0.15, -0.1) is 0 Å². The van der Waals surface area contributed by atoms with Gasteiger partial charge in [-0.1, -0.05) is 12.1 Å². The van der Waals surface area contributed by atoms with E-state index < -0.39 is 0 Å². The summed E-state index contributed by atoms with van der Waals surface area (Å²) >= 11 is 1.89. The Morgan fingerprint density at radius 3 is 2.82 bits per heavy atom. The number of hydrogen-bond acceptors (Lipinski definition) is 3. The zero-order valence-electron chi connectivity index (χ0n) is 13.8. The number of hydrogen-bond donors (Lipinski definition) is 1. The van der Waals surface area contributed by atoms with Gasteiger partial charge in [0.1, 0.15) is 5.75 Å². The molecule has 0 aliphatic carbocycles. The highest BCUT2D eigenvalue weighted by Crippen LogP contribution is 2.28. The number of methoxy groups -OCH3 is 1. The highest BCUT2D eigenvalue weighted by atomic mass is 32.2. The van der Waals surface area contributed by atoms with Crippen molar-refractivity contribution in [1.82, 2.24) is 10.2 Å². The van der Waals surface area contributed by atoms with Crippen molar-refractivity contribution in [3.8, 4) is 5.75 Å². The van der Waals surface area contributed by atoms with Crippen molar-refractivity contribution in [3.05, 3.63) is 29.8 Å². The molecule has 0 saturated carbocycles. The van der Waals surface area contributed by atoms with Crippen LogP contribution in [-0.4, -0.2) is 56.7 Å². The number of aliphatic imine (C=N–C) groups is 1. The molecule has 4 nitrogen and oxygen atoms in total. The van der Waals surface area contributed by atoms with Crippen molar-refractivity contribution in [2.75, 3.05) is 45.8 Å². The van der Waals surface area contributed by atoms with Crippen LogP contribution >= 0.6 is 11.8 Å². The van der Waals surface area contributed by atoms with Crippen LogP contribution in [0.5, 0.6) is 5.75 Å². The van der Waals surface area contributed by atoms with E-state index in [9.17, 15) is 0 Å². The third-order valence-corrected chi connectivity index (χ3v) is 4.79. The minimum atomic E-state index is 0.579. The summed E-state index contributed by atoms with van der Waals surface area (Å²) in [7, 11) is 3.58. The third-order valence-electron chi connectivity index (χ3n) is 4.10. The van der Waals surface area contributed by atoms with E-state index in [0.29, 0.717) is 5.92 Å². The lowest BCUT2D eigenvalue weighted by molar-refractivity contribution is 0.414. The van der Waals surface area contributed by atoms with E-state index in [1.54, 1.807) is 7.11 Å². The Balaban J connectivity index is 1.87. The predicted molar refractivity (Wildman–Crippen MR) is 96.3 cm³/mol. The second-order valence-electron chi connectivity index (χ2n) is 5.53. The summed E-state index contributed by atoms with van der Waals surface area (Å²) in [6.07, 6.45) is 4.50. The predicted octanol–water partition coefficient (Wildman–Crippen LogP) is 2.81. The van der Waals surface area contributed by atoms with Gasteiger partial charge in [-0.3, -0.25) is 4.99 Å². The van der Waals surface area contributed by atoms with E-state index in [2.05, 4.69) is 33.6 Å². The molecule has 0 spiro atoms. The summed E-state index contributed by atoms with van der Waals surface area (Å²) in [6, 6.07) is 8.46. The summed E-state index contributed by atoms with van der Waals surface area (Å²) < 4.78 is 5.23. The minimum absolute atomic E-state index is 0.579. The molecule has 0 bridgehead atoms. The normalized spacial score (nSPS) is 18.6. The van der Waals surface area contributed by atoms with Gasteiger partial charge in [0.15, 0.2) is 5.96 Å². The Morgan fingerprint density at radius 1 is 1.41 bits per heavy atom. The first-order chi connectivity index (χ1) is 10.8. The van der Waals surface area contributed by atoms with Crippen molar-refractivity contribution >= 4 is 17.7 Å². The molecule has 1 fully saturated rings. The number of nitrogens with zero attached hydrogens (tertiary/aromatic N) is 2. The molecule has 0 amide bonds. The average Bonchev–Trinajstić information content (AvgIpc) is 3.05. The molecule has 0 aromatic heterocycles. The third kappa shape index (κ3) is 4.57. The molecule has 1 aliphatic heterocycles. The van der Waals surface area contributed by atoms with E-state index in [-0.39, 0.29) is 0 Å². The van der Waals surface area contributed by atoms with E-state index in [4.69, 9.17) is 4.74 Å². The van der Waals surface area contributed by atoms with E-state index >= 15 is 0 Å². The maximum atomic E-state index is 5.23. The van der Waals surface area contributed by atoms with E-state index in [1.165, 1.54) is 24.2 Å². The maximum Gasteiger partial charge on any atom is 0.193 e. The lowest BCUT2D eigenvalue weighted by Gasteiger charge is -2.21. The van der Waals surface area contributed by atoms with Crippen molar-refractivity contribution in [2.24, 2.45) is 4.99 Å². The highest BCUT2D eigenvalue weighted by Gasteiger charge is 2.25. The molecule has 0 radical (unpaired) electrons. The van der Waals surface area contributed by atoms with Crippen molar-refractivity contribution < 1.29 is 4.74 Å². The fourth-order valence-electron chi connectivity index (χ4n) is 2.85. The zero-order valence-corrected chi connectivity index (χ0v) is 14.7. The molecular weight excluding hydrogens is 294 g/mol. The van der Waals surface area contributed by atoms with Gasteiger partial charge in [0.05, 0.1) is 7.11 Å². The summed E-state index contributed by atoms with van der Waals surface area (Å²) in [6.45, 7) is 3.10. The molecule has 1 N–H and O–H groups in total. The topological polar surface area (TPSA) is 36.9 Å². The summed E-state index contributed by atoms with van der Waals surface area (Å²) in [4.78, 5) is 6.80. The van der Waals surface area contributed by atoms with Crippen LogP contribution in [0.4, 0.5) is 0 Å². The SMILES string of the molecule is CN=C(NCCCSC)N1CCC(c2ccc(OC)cc2)C1. The van der Waals surface area contributed by atoms with Crippen LogP contribution in [0.25, 0.3) is 0 Å². The fourth-order valence-corrected chi connectivity index (χ4v) is 3.28. The number of ether oxygens (including phenoxy) is 1. The Bertz CT molecular complexity index is 475. The molecule has 2 rings (SSSR count). The average molecular weight is 321 g/mol. The molecule has 1 saturated heterocycles. The van der Waals surface area contributed by atoms with Crippen LogP contribution in [0.1, 0.15) is 24.3 Å². The first-order valence-corrected chi connectivity index (χ1v) is 9.26. The van der Waals surface area contributed by atoms with Crippen LogP contribution in [-0.2, 0) is 0 Å². The smallest absolute Gasteiger partial charge is 0.193 e. The quantitative estimate of drug-likeness (QED) is 0.497. The van der Waals surface area contributed by atoms with Gasteiger partial charge in [0.2, 0.25) is 0 Å². The molecule has 1 aromatic rings. The molecule has 1 atom stereocenters. The number of thioether (sulfide) groups is 1. The maximum absolute atomic E-state index is 5.23. The van der Waals surface area contributed by atoms with Gasteiger partial charge in [-0.2, -0.15) is 11.8 Å². The van der Waals surface area contributed by atoms with Gasteiger partial charge in [0.25, 0.3) is 0 Å². The van der Waals surface area contributed by atoms with Crippen LogP contribution < -0.4 is 10.1 Å². The monoisotopic (exact) mass is 321 g/mol. The number of nitrogens with one attached hydrogen (secondary N) is 1. The van der Waals surface area contributed by atoms with Gasteiger partial charge in [-0.05, 0) is 42.5 Å². The lowest BCUT2D eigenvalue weighted by atomic mass is 9.98. The van der Waals surface area contributed by atoms with Crippen LogP contribution in [0, 0.1) is 0 Å². The number of rotatable bonds is 6. The summed E-state index contributed by atoms with van der Waals surface area (Å²) in [5, 5.41) is 3.48. The molecule has 22 heavy (non-hydrogen) atoms. The zero-order chi connectivity index (χ0) is 15.8. The standard InChI is InChI=1S/C17H27N3OS/c1-18-17(19-10-4-12-22-3)20-11-9-15(13-20)14-5-7-16(21-2)8-6-14/h5-8,15H,4,9-13H2,1-3H3,(H,18,19). The minimum Gasteiger partial charge on any atom is -0.497 e. The van der Waals surface area contributed by atoms with E-state index in [0.717, 1.165) is 31.3 Å². The van der Waals surface area contributed by atoms with Crippen LogP contribution in [0.15, 0.2) is 29.3 Å². The first-order valence-electron chi connectivity index (χ1n) is 7.87. The Morgan fingerprint density at radius 2 is 2.18 bits per heavy atom. The van der Waals surface area contributed by atoms with Crippen LogP contribution in [0.2, 0.25) is 0 Å². The second-order valence-corrected chi connectivity index (χ2v) is 6.51. The van der Waals surface area contributed by atoms with Crippen molar-refractivity contribution in [1.29, 1.82) is 0 Å². The van der Waals surface area contributed by atoms with Crippen molar-refractivity contribution in [3.63, 3.8) is 0 Å². The van der Waals surface area contributed by atoms with Crippen LogP contribution in [0.3, 0.4) is 0 Å². The molecule has 1 heterocycles. The first kappa shape index (κ1) is 17.0. The molecular formula is C17H27N3OS. The molecule has 122 valence electrons. The molecule has 1 aromatic carbocycles. The molecule has 1 aliphatic rings. The van der Waals surface area contributed by atoms with Gasteiger partial charge in [0, 0.05) is 32.6 Å². The van der Waals surface area contributed by atoms with E-state index in [1.807, 2.05) is 30.9 Å². The largest absolute Gasteiger partial charge is 0.497 e. The lowest BCUT2D eigenvalue weighted by Crippen LogP contribution is -2.40. The van der Waals surface area contributed by atoms with Gasteiger partial charge in [-0.25, -0.2) is 0 Å². The Hall–Kier alpha value is -1.36. The number of guanidine groups is 1. The molecule has 5 heteroatoms. The summed E-state index contributed by atoms with van der Waals surface area (Å²) in [5.41, 5.74) is 1.39. The van der Waals surface area contributed by atoms with Gasteiger partial charge < -0.3 is 15.0 Å². The highest BCUT2D eigenvalue weighted by molar-refractivity contribution is 7.98. The molecule has 1 unspecified atom stereocenters. The summed E-state index contributed by atoms with van der Waals surface area (Å²) in [5.74, 6) is 3.73. The second kappa shape index (κ2) is 8.93.